The number of hydrogen-bond acceptors (Lipinski definition) is 7. The zero-order valence-electron chi connectivity index (χ0n) is 17.8. The van der Waals surface area contributed by atoms with Crippen molar-refractivity contribution >= 4 is 22.3 Å². The lowest BCUT2D eigenvalue weighted by Crippen LogP contribution is -2.36. The van der Waals surface area contributed by atoms with E-state index in [2.05, 4.69) is 0 Å². The molecule has 2 atom stereocenters. The Bertz CT molecular complexity index is 1020. The van der Waals surface area contributed by atoms with Gasteiger partial charge >= 0.3 is 5.97 Å². The molecule has 0 aliphatic carbocycles. The third kappa shape index (κ3) is 4.15. The Balaban J connectivity index is 1.84. The highest BCUT2D eigenvalue weighted by Gasteiger charge is 2.39. The highest BCUT2D eigenvalue weighted by Crippen LogP contribution is 2.53. The van der Waals surface area contributed by atoms with Crippen molar-refractivity contribution in [2.45, 2.75) is 25.3 Å². The SMILES string of the molecule is CCOc1cc2c(cc1OC)C(c1ccc(C(=O)OC)cc1)=N[C@@H]1CCS(O)(O)C[C@H]21. The van der Waals surface area contributed by atoms with Crippen LogP contribution in [0.3, 0.4) is 0 Å². The van der Waals surface area contributed by atoms with Crippen LogP contribution < -0.4 is 9.47 Å². The van der Waals surface area contributed by atoms with Crippen LogP contribution in [-0.2, 0) is 4.74 Å². The molecule has 0 amide bonds. The minimum absolute atomic E-state index is 0.0504. The van der Waals surface area contributed by atoms with E-state index in [1.165, 1.54) is 7.11 Å². The third-order valence-electron chi connectivity index (χ3n) is 5.82. The lowest BCUT2D eigenvalue weighted by Gasteiger charge is -2.45. The Kier molecular flexibility index (Phi) is 5.96. The molecule has 2 aliphatic rings. The normalized spacial score (nSPS) is 22.4. The number of benzene rings is 2. The smallest absolute Gasteiger partial charge is 0.337 e. The summed E-state index contributed by atoms with van der Waals surface area (Å²) in [4.78, 5) is 16.8. The van der Waals surface area contributed by atoms with Crippen LogP contribution in [0.2, 0.25) is 0 Å². The Hall–Kier alpha value is -2.55. The summed E-state index contributed by atoms with van der Waals surface area (Å²) in [6.45, 7) is 2.41. The Morgan fingerprint density at radius 1 is 1.16 bits per heavy atom. The second-order valence-corrected chi connectivity index (χ2v) is 10.1. The first kappa shape index (κ1) is 21.7. The minimum atomic E-state index is -2.63. The quantitative estimate of drug-likeness (QED) is 0.665. The maximum atomic E-state index is 11.8. The fourth-order valence-corrected chi connectivity index (χ4v) is 6.07. The molecule has 1 saturated heterocycles. The number of hydrogen-bond donors (Lipinski definition) is 2. The van der Waals surface area contributed by atoms with Crippen molar-refractivity contribution in [2.75, 3.05) is 32.3 Å². The molecule has 0 unspecified atom stereocenters. The molecule has 8 heteroatoms. The average Bonchev–Trinajstić information content (AvgIpc) is 2.77. The highest BCUT2D eigenvalue weighted by molar-refractivity contribution is 8.24. The molecule has 2 heterocycles. The van der Waals surface area contributed by atoms with Gasteiger partial charge in [0, 0.05) is 28.6 Å². The predicted octanol–water partition coefficient (Wildman–Crippen LogP) is 4.34. The standard InChI is InChI=1S/C23H27NO6S/c1-4-30-21-11-16-17(12-20(21)28-2)22(14-5-7-15(8-6-14)23(25)29-3)24-19-9-10-31(26,27)13-18(16)19/h5-8,11-12,18-19,26-27H,4,9-10,13H2,1-3H3/t18-,19-/m1/s1. The molecule has 2 aliphatic heterocycles. The van der Waals surface area contributed by atoms with Crippen LogP contribution in [0, 0.1) is 0 Å². The molecule has 0 radical (unpaired) electrons. The molecule has 0 aromatic heterocycles. The van der Waals surface area contributed by atoms with E-state index < -0.39 is 16.6 Å². The second kappa shape index (κ2) is 8.53. The maximum absolute atomic E-state index is 11.8. The third-order valence-corrected chi connectivity index (χ3v) is 7.60. The van der Waals surface area contributed by atoms with Gasteiger partial charge in [0.05, 0.1) is 38.1 Å². The van der Waals surface area contributed by atoms with Crippen LogP contribution in [0.5, 0.6) is 11.5 Å². The first-order valence-electron chi connectivity index (χ1n) is 10.2. The van der Waals surface area contributed by atoms with E-state index in [1.54, 1.807) is 19.2 Å². The van der Waals surface area contributed by atoms with Crippen molar-refractivity contribution in [1.82, 2.24) is 0 Å². The van der Waals surface area contributed by atoms with Gasteiger partial charge in [-0.15, -0.1) is 0 Å². The van der Waals surface area contributed by atoms with E-state index in [-0.39, 0.29) is 12.0 Å². The van der Waals surface area contributed by atoms with Gasteiger partial charge in [-0.05, 0) is 43.2 Å². The number of carbonyl (C=O) groups excluding carboxylic acids is 1. The molecule has 1 fully saturated rings. The van der Waals surface area contributed by atoms with Crippen LogP contribution in [0.15, 0.2) is 41.4 Å². The molecule has 2 aromatic rings. The van der Waals surface area contributed by atoms with E-state index in [0.717, 1.165) is 22.4 Å². The van der Waals surface area contributed by atoms with E-state index in [0.29, 0.717) is 41.6 Å². The Morgan fingerprint density at radius 2 is 1.90 bits per heavy atom. The van der Waals surface area contributed by atoms with Gasteiger partial charge in [0.1, 0.15) is 0 Å². The maximum Gasteiger partial charge on any atom is 0.337 e. The molecule has 0 spiro atoms. The number of esters is 1. The summed E-state index contributed by atoms with van der Waals surface area (Å²) in [5.74, 6) is 1.39. The number of nitrogens with zero attached hydrogens (tertiary/aromatic N) is 1. The number of ether oxygens (including phenoxy) is 3. The van der Waals surface area contributed by atoms with Crippen molar-refractivity contribution in [3.63, 3.8) is 0 Å². The molecule has 2 aromatic carbocycles. The van der Waals surface area contributed by atoms with Gasteiger partial charge in [0.15, 0.2) is 11.5 Å². The second-order valence-electron chi connectivity index (χ2n) is 7.71. The fraction of sp³-hybridized carbons (Fsp3) is 0.391. The summed E-state index contributed by atoms with van der Waals surface area (Å²) in [6.07, 6.45) is 0.603. The van der Waals surface area contributed by atoms with Crippen LogP contribution in [0.25, 0.3) is 0 Å². The van der Waals surface area contributed by atoms with Gasteiger partial charge < -0.3 is 14.2 Å². The van der Waals surface area contributed by atoms with Crippen molar-refractivity contribution in [3.8, 4) is 11.5 Å². The van der Waals surface area contributed by atoms with Crippen molar-refractivity contribution in [2.24, 2.45) is 4.99 Å². The van der Waals surface area contributed by atoms with Crippen LogP contribution in [0.1, 0.15) is 46.3 Å². The zero-order chi connectivity index (χ0) is 22.2. The topological polar surface area (TPSA) is 97.6 Å². The summed E-state index contributed by atoms with van der Waals surface area (Å²) in [7, 11) is 0.317. The first-order chi connectivity index (χ1) is 14.9. The number of methoxy groups -OCH3 is 2. The average molecular weight is 446 g/mol. The number of fused-ring (bicyclic) bond motifs is 3. The number of carbonyl (C=O) groups is 1. The Morgan fingerprint density at radius 3 is 2.55 bits per heavy atom. The first-order valence-corrected chi connectivity index (χ1v) is 12.1. The molecular weight excluding hydrogens is 418 g/mol. The van der Waals surface area contributed by atoms with Gasteiger partial charge in [-0.25, -0.2) is 4.79 Å². The van der Waals surface area contributed by atoms with Crippen LogP contribution >= 0.6 is 10.6 Å². The fourth-order valence-electron chi connectivity index (χ4n) is 4.31. The van der Waals surface area contributed by atoms with E-state index in [1.807, 2.05) is 31.2 Å². The van der Waals surface area contributed by atoms with Crippen molar-refractivity contribution < 1.29 is 28.1 Å². The van der Waals surface area contributed by atoms with Gasteiger partial charge in [-0.3, -0.25) is 14.1 Å². The molecule has 0 bridgehead atoms. The molecule has 166 valence electrons. The summed E-state index contributed by atoms with van der Waals surface area (Å²) in [5.41, 5.74) is 4.00. The van der Waals surface area contributed by atoms with E-state index in [4.69, 9.17) is 19.2 Å². The van der Waals surface area contributed by atoms with Gasteiger partial charge in [0.25, 0.3) is 0 Å². The molecule has 0 saturated carbocycles. The molecule has 4 rings (SSSR count). The molecule has 31 heavy (non-hydrogen) atoms. The summed E-state index contributed by atoms with van der Waals surface area (Å²) < 4.78 is 36.9. The monoisotopic (exact) mass is 445 g/mol. The van der Waals surface area contributed by atoms with Crippen molar-refractivity contribution in [3.05, 3.63) is 58.7 Å². The van der Waals surface area contributed by atoms with Crippen LogP contribution in [-0.4, -0.2) is 59.2 Å². The van der Waals surface area contributed by atoms with Gasteiger partial charge in [-0.2, -0.15) is 10.6 Å². The van der Waals surface area contributed by atoms with Gasteiger partial charge in [-0.1, -0.05) is 12.1 Å². The summed E-state index contributed by atoms with van der Waals surface area (Å²) in [5, 5.41) is 0. The minimum Gasteiger partial charge on any atom is -0.493 e. The predicted molar refractivity (Wildman–Crippen MR) is 121 cm³/mol. The Labute approximate surface area is 183 Å². The molecule has 7 nitrogen and oxygen atoms in total. The van der Waals surface area contributed by atoms with Crippen molar-refractivity contribution in [1.29, 1.82) is 0 Å². The summed E-state index contributed by atoms with van der Waals surface area (Å²) >= 11 is 0. The largest absolute Gasteiger partial charge is 0.493 e. The van der Waals surface area contributed by atoms with Gasteiger partial charge in [0.2, 0.25) is 0 Å². The lowest BCUT2D eigenvalue weighted by atomic mass is 9.81. The summed E-state index contributed by atoms with van der Waals surface area (Å²) in [6, 6.07) is 11.0. The van der Waals surface area contributed by atoms with E-state index in [9.17, 15) is 13.9 Å². The number of aliphatic imine (C=N–C) groups is 1. The number of rotatable bonds is 5. The lowest BCUT2D eigenvalue weighted by molar-refractivity contribution is 0.0600. The van der Waals surface area contributed by atoms with E-state index >= 15 is 0 Å². The molecule has 2 N–H and O–H groups in total. The molecular formula is C23H27NO6S. The zero-order valence-corrected chi connectivity index (χ0v) is 18.6. The highest BCUT2D eigenvalue weighted by atomic mass is 32.3. The van der Waals surface area contributed by atoms with Crippen LogP contribution in [0.4, 0.5) is 0 Å².